The summed E-state index contributed by atoms with van der Waals surface area (Å²) in [6.07, 6.45) is 17.7. The molecule has 2 aliphatic rings. The topological polar surface area (TPSA) is 402 Å². The standard InChI is InChI=1S/C14H22N2O3.C13H24BrNO2.C13H23NO4.C12H24N4O4.C10H8F4O2.C8H11NO4.C4H8O2/c1-11(2)14(19)15-9-5-3-4-6-10-16-12(17)7-8-13(16)18;1-11(2)13(17)15-9-7-5-3-4-6-8-12(16)10-14;1-4-6-16-8-10-18-11-9-17-7-5-14-13(15)12(2)3;1-11(2)12(17)14-3-5-18-7-9-20-10-8-19-6-4-15-16-13;1-4(2)10(15)16-9-7(13)5(11)3-6(12)8(9)14;1-5(2)8(12)13-9-6(10)3-4-7(9)11;1-3(2)4(5)6/h7-8,11H,3-6,9-10H2,1-2H3,(H,15,19);11H,3-10H2,1-2H3,(H,15,17);1,12H,5-11H2,2-3H3,(H,14,15);11H,3-10H2,1-2H3,(H,14,17);3-4H,1-2H3;5H,3-4H2,1-2H3;3H,1-2H3,(H,5,6). The van der Waals surface area contributed by atoms with E-state index >= 15 is 0 Å². The number of carboxylic acid groups (broad SMARTS) is 1. The molecule has 0 unspecified atom stereocenters. The first-order valence-electron chi connectivity index (χ1n) is 36.4. The van der Waals surface area contributed by atoms with Gasteiger partial charge in [0.25, 0.3) is 23.6 Å². The molecular weight excluding hydrogens is 1510 g/mol. The molecule has 3 rings (SSSR count). The van der Waals surface area contributed by atoms with Crippen LogP contribution in [0.3, 0.4) is 0 Å². The van der Waals surface area contributed by atoms with Crippen LogP contribution in [0.4, 0.5) is 17.6 Å². The number of esters is 1. The number of ketones is 1. The lowest BCUT2D eigenvalue weighted by molar-refractivity contribution is -0.199. The zero-order chi connectivity index (χ0) is 83.7. The van der Waals surface area contributed by atoms with Crippen LogP contribution in [0.1, 0.15) is 174 Å². The lowest BCUT2D eigenvalue weighted by Gasteiger charge is -2.13. The number of alkyl halides is 1. The molecule has 1 saturated heterocycles. The number of carbonyl (C=O) groups is 12. The number of ether oxygens (including phenoxy) is 7. The van der Waals surface area contributed by atoms with Crippen molar-refractivity contribution in [2.24, 2.45) is 46.5 Å². The molecule has 109 heavy (non-hydrogen) atoms. The molecule has 622 valence electrons. The third-order valence-electron chi connectivity index (χ3n) is 13.7. The zero-order valence-corrected chi connectivity index (χ0v) is 67.6. The fraction of sp³-hybridized carbons (Fsp3) is 0.703. The van der Waals surface area contributed by atoms with E-state index in [0.29, 0.717) is 129 Å². The van der Waals surface area contributed by atoms with Gasteiger partial charge in [-0.05, 0) is 31.2 Å². The van der Waals surface area contributed by atoms with E-state index in [1.165, 1.54) is 30.9 Å². The molecule has 1 aromatic rings. The molecule has 0 bridgehead atoms. The number of aliphatic carboxylic acids is 1. The quantitative estimate of drug-likeness (QED) is 0.00346. The Hall–Kier alpha value is -7.97. The van der Waals surface area contributed by atoms with E-state index in [-0.39, 0.29) is 95.6 Å². The number of rotatable bonds is 47. The predicted molar refractivity (Wildman–Crippen MR) is 401 cm³/mol. The monoisotopic (exact) mass is 1630 g/mol. The van der Waals surface area contributed by atoms with Gasteiger partial charge in [0, 0.05) is 105 Å². The number of imide groups is 2. The maximum atomic E-state index is 13.0. The second-order valence-corrected chi connectivity index (χ2v) is 26.4. The number of nitrogens with one attached hydrogen (secondary N) is 4. The van der Waals surface area contributed by atoms with E-state index in [4.69, 9.17) is 45.5 Å². The Kier molecular flexibility index (Phi) is 68.2. The molecule has 35 heteroatoms. The first-order chi connectivity index (χ1) is 51.5. The summed E-state index contributed by atoms with van der Waals surface area (Å²) in [5.41, 5.74) is 8.03. The molecule has 1 fully saturated rings. The molecule has 8 amide bonds. The molecular formula is C74H120BrF4N9O21. The SMILES string of the molecule is C#CCOCCOCCOCCNC(=O)C(C)C.CC(C)C(=O)NCCCCCCCC(=O)CBr.CC(C)C(=O)NCCCCCCN1C(=O)C=CC1=O.CC(C)C(=O)NCCOCCOCCOCCN=[N+]=[N-].CC(C)C(=O)O.CC(C)C(=O)ON1C(=O)CCC1=O.CC(C)C(=O)Oc1c(F)c(F)cc(F)c1F. The molecule has 0 saturated carbocycles. The van der Waals surface area contributed by atoms with Crippen LogP contribution in [-0.2, 0) is 90.8 Å². The van der Waals surface area contributed by atoms with Gasteiger partial charge in [-0.15, -0.1) is 11.5 Å². The molecule has 2 heterocycles. The van der Waals surface area contributed by atoms with Gasteiger partial charge < -0.3 is 64.4 Å². The number of amides is 8. The van der Waals surface area contributed by atoms with Crippen molar-refractivity contribution >= 4 is 86.9 Å². The van der Waals surface area contributed by atoms with Crippen LogP contribution in [0.5, 0.6) is 5.75 Å². The van der Waals surface area contributed by atoms with Crippen LogP contribution in [0.2, 0.25) is 0 Å². The van der Waals surface area contributed by atoms with Gasteiger partial charge in [-0.25, -0.2) is 13.6 Å². The smallest absolute Gasteiger partial charge is 0.335 e. The predicted octanol–water partition coefficient (Wildman–Crippen LogP) is 9.65. The van der Waals surface area contributed by atoms with Crippen molar-refractivity contribution in [2.75, 3.05) is 124 Å². The van der Waals surface area contributed by atoms with E-state index in [9.17, 15) is 75.1 Å². The first kappa shape index (κ1) is 107. The minimum Gasteiger partial charge on any atom is -0.481 e. The summed E-state index contributed by atoms with van der Waals surface area (Å²) in [6.45, 7) is 33.3. The Morgan fingerprint density at radius 1 is 0.523 bits per heavy atom. The van der Waals surface area contributed by atoms with Gasteiger partial charge in [-0.1, -0.05) is 156 Å². The number of carbonyl (C=O) groups excluding carboxylic acids is 11. The van der Waals surface area contributed by atoms with Crippen molar-refractivity contribution in [3.8, 4) is 18.1 Å². The fourth-order valence-electron chi connectivity index (χ4n) is 7.15. The number of hydrogen-bond donors (Lipinski definition) is 5. The molecule has 0 spiro atoms. The summed E-state index contributed by atoms with van der Waals surface area (Å²) < 4.78 is 86.9. The highest BCUT2D eigenvalue weighted by Gasteiger charge is 2.33. The number of nitrogens with zero attached hydrogens (tertiary/aromatic N) is 5. The lowest BCUT2D eigenvalue weighted by atomic mass is 10.1. The van der Waals surface area contributed by atoms with Crippen molar-refractivity contribution in [1.29, 1.82) is 0 Å². The minimum absolute atomic E-state index is 0.00261. The van der Waals surface area contributed by atoms with E-state index in [0.717, 1.165) is 64.3 Å². The van der Waals surface area contributed by atoms with Crippen LogP contribution in [0, 0.1) is 77.0 Å². The van der Waals surface area contributed by atoms with Crippen LogP contribution in [0.25, 0.3) is 10.4 Å². The number of azide groups is 1. The van der Waals surface area contributed by atoms with Crippen molar-refractivity contribution < 1.29 is 118 Å². The number of hydroxylamine groups is 2. The summed E-state index contributed by atoms with van der Waals surface area (Å²) in [5, 5.41) is 23.6. The number of halogens is 5. The lowest BCUT2D eigenvalue weighted by Crippen LogP contribution is -2.33. The van der Waals surface area contributed by atoms with Gasteiger partial charge in [-0.2, -0.15) is 8.78 Å². The summed E-state index contributed by atoms with van der Waals surface area (Å²) >= 11 is 3.15. The van der Waals surface area contributed by atoms with E-state index < -0.39 is 64.7 Å². The summed E-state index contributed by atoms with van der Waals surface area (Å²) in [5.74, 6) is -9.85. The number of benzene rings is 1. The van der Waals surface area contributed by atoms with Gasteiger partial charge in [-0.3, -0.25) is 57.6 Å². The van der Waals surface area contributed by atoms with Gasteiger partial charge in [0.2, 0.25) is 41.0 Å². The molecule has 30 nitrogen and oxygen atoms in total. The number of carboxylic acids is 1. The molecule has 0 atom stereocenters. The number of Topliss-reactive ketones (excluding diaryl/α,β-unsaturated/α-hetero) is 1. The highest BCUT2D eigenvalue weighted by Crippen LogP contribution is 2.27. The molecule has 5 N–H and O–H groups in total. The molecule has 1 aromatic carbocycles. The van der Waals surface area contributed by atoms with Crippen LogP contribution < -0.4 is 26.0 Å². The third-order valence-corrected chi connectivity index (χ3v) is 14.4. The Morgan fingerprint density at radius 2 is 0.881 bits per heavy atom. The van der Waals surface area contributed by atoms with Crippen LogP contribution in [0.15, 0.2) is 23.3 Å². The maximum absolute atomic E-state index is 13.0. The highest BCUT2D eigenvalue weighted by atomic mass is 79.9. The van der Waals surface area contributed by atoms with Crippen molar-refractivity contribution in [1.82, 2.24) is 31.2 Å². The van der Waals surface area contributed by atoms with Crippen molar-refractivity contribution in [3.05, 3.63) is 51.9 Å². The summed E-state index contributed by atoms with van der Waals surface area (Å²) in [4.78, 5) is 141. The van der Waals surface area contributed by atoms with Crippen LogP contribution in [-0.4, -0.2) is 210 Å². The van der Waals surface area contributed by atoms with Gasteiger partial charge in [0.1, 0.15) is 12.4 Å². The Bertz CT molecular complexity index is 2890. The second-order valence-electron chi connectivity index (χ2n) is 25.8. The summed E-state index contributed by atoms with van der Waals surface area (Å²) in [7, 11) is 0. The molecule has 0 aliphatic carbocycles. The molecule has 2 aliphatic heterocycles. The van der Waals surface area contributed by atoms with Crippen molar-refractivity contribution in [3.63, 3.8) is 0 Å². The number of terminal acetylenes is 1. The Balaban J connectivity index is -0.000000599. The van der Waals surface area contributed by atoms with Crippen LogP contribution >= 0.6 is 15.9 Å². The van der Waals surface area contributed by atoms with Gasteiger partial charge >= 0.3 is 17.9 Å². The van der Waals surface area contributed by atoms with E-state index in [1.807, 2.05) is 55.4 Å². The minimum atomic E-state index is -1.73. The fourth-order valence-corrected chi connectivity index (χ4v) is 7.43. The van der Waals surface area contributed by atoms with Gasteiger partial charge in [0.05, 0.1) is 95.8 Å². The summed E-state index contributed by atoms with van der Waals surface area (Å²) in [6, 6.07) is 0.0391. The second kappa shape index (κ2) is 69.2. The normalized spacial score (nSPS) is 11.9. The zero-order valence-electron chi connectivity index (χ0n) is 66.0. The molecule has 0 radical (unpaired) electrons. The number of unbranched alkanes of at least 4 members (excludes halogenated alkanes) is 7. The Labute approximate surface area is 648 Å². The van der Waals surface area contributed by atoms with E-state index in [2.05, 4.69) is 62.7 Å². The largest absolute Gasteiger partial charge is 0.481 e. The number of hydrogen-bond acceptors (Lipinski definition) is 21. The maximum Gasteiger partial charge on any atom is 0.335 e. The average molecular weight is 1630 g/mol. The van der Waals surface area contributed by atoms with E-state index in [1.54, 1.807) is 27.7 Å². The highest BCUT2D eigenvalue weighted by molar-refractivity contribution is 9.09. The first-order valence-corrected chi connectivity index (χ1v) is 37.6. The Morgan fingerprint density at radius 3 is 1.25 bits per heavy atom. The third kappa shape index (κ3) is 61.5. The average Bonchev–Trinajstić information content (AvgIpc) is 1.54. The van der Waals surface area contributed by atoms with Gasteiger partial charge in [0.15, 0.2) is 11.6 Å². The molecule has 0 aromatic heterocycles. The van der Waals surface area contributed by atoms with Crippen molar-refractivity contribution in [2.45, 2.75) is 174 Å².